The van der Waals surface area contributed by atoms with Crippen LogP contribution in [0.2, 0.25) is 0 Å². The highest BCUT2D eigenvalue weighted by atomic mass is 16.5. The van der Waals surface area contributed by atoms with E-state index in [-0.39, 0.29) is 11.9 Å². The molecule has 1 heterocycles. The third kappa shape index (κ3) is 4.66. The molecule has 1 fully saturated rings. The Balaban J connectivity index is 1.55. The lowest BCUT2D eigenvalue weighted by atomic mass is 9.89. The van der Waals surface area contributed by atoms with Crippen LogP contribution in [-0.2, 0) is 11.2 Å². The topological polar surface area (TPSA) is 94.0 Å². The Bertz CT molecular complexity index is 680. The number of rotatable bonds is 6. The molecule has 25 heavy (non-hydrogen) atoms. The highest BCUT2D eigenvalue weighted by molar-refractivity contribution is 5.82. The summed E-state index contributed by atoms with van der Waals surface area (Å²) in [7, 11) is 0. The van der Waals surface area contributed by atoms with Gasteiger partial charge in [-0.3, -0.25) is 4.79 Å². The maximum Gasteiger partial charge on any atom is 0.248 e. The molecule has 1 aliphatic rings. The fourth-order valence-electron chi connectivity index (χ4n) is 3.29. The molecule has 1 saturated carbocycles. The van der Waals surface area contributed by atoms with Crippen LogP contribution in [0, 0.1) is 0 Å². The maximum absolute atomic E-state index is 12.3. The van der Waals surface area contributed by atoms with Crippen molar-refractivity contribution in [3.63, 3.8) is 0 Å². The first-order valence-electron chi connectivity index (χ1n) is 9.07. The number of nitrogens with zero attached hydrogens (tertiary/aromatic N) is 2. The van der Waals surface area contributed by atoms with Crippen molar-refractivity contribution in [1.29, 1.82) is 0 Å². The molecule has 2 aromatic rings. The van der Waals surface area contributed by atoms with Gasteiger partial charge in [-0.15, -0.1) is 0 Å². The molecule has 1 aromatic carbocycles. The van der Waals surface area contributed by atoms with E-state index in [0.717, 1.165) is 24.2 Å². The Labute approximate surface area is 148 Å². The fourth-order valence-corrected chi connectivity index (χ4v) is 3.29. The summed E-state index contributed by atoms with van der Waals surface area (Å²) < 4.78 is 5.36. The van der Waals surface area contributed by atoms with Gasteiger partial charge in [0, 0.05) is 5.92 Å². The van der Waals surface area contributed by atoms with Gasteiger partial charge in [0.05, 0.1) is 6.04 Å². The summed E-state index contributed by atoms with van der Waals surface area (Å²) in [5, 5.41) is 6.98. The summed E-state index contributed by atoms with van der Waals surface area (Å²) in [4.78, 5) is 16.8. The molecule has 1 aromatic heterocycles. The maximum atomic E-state index is 12.3. The van der Waals surface area contributed by atoms with Gasteiger partial charge in [0.1, 0.15) is 6.04 Å². The van der Waals surface area contributed by atoms with Gasteiger partial charge in [0.25, 0.3) is 0 Å². The minimum atomic E-state index is -0.606. The SMILES string of the molecule is CC(NC(=O)[C@@H](N)Cc1ccccc1)c1nc(C2CCCCC2)no1. The number of amides is 1. The molecule has 0 spiro atoms. The molecule has 0 aliphatic heterocycles. The van der Waals surface area contributed by atoms with Gasteiger partial charge in [-0.05, 0) is 31.7 Å². The number of benzene rings is 1. The molecule has 1 aliphatic carbocycles. The molecule has 1 unspecified atom stereocenters. The standard InChI is InChI=1S/C19H26N4O2/c1-13(19-22-17(23-25-19)15-10-6-3-7-11-15)21-18(24)16(20)12-14-8-4-2-5-9-14/h2,4-5,8-9,13,15-16H,3,6-7,10-12,20H2,1H3,(H,21,24)/t13?,16-/m0/s1. The third-order valence-corrected chi connectivity index (χ3v) is 4.79. The second-order valence-electron chi connectivity index (χ2n) is 6.85. The van der Waals surface area contributed by atoms with Crippen molar-refractivity contribution in [2.75, 3.05) is 0 Å². The van der Waals surface area contributed by atoms with Gasteiger partial charge in [0.15, 0.2) is 5.82 Å². The predicted octanol–water partition coefficient (Wildman–Crippen LogP) is 2.86. The lowest BCUT2D eigenvalue weighted by Crippen LogP contribution is -2.43. The molecular formula is C19H26N4O2. The molecular weight excluding hydrogens is 316 g/mol. The van der Waals surface area contributed by atoms with Crippen molar-refractivity contribution in [3.8, 4) is 0 Å². The average Bonchev–Trinajstić information content (AvgIpc) is 3.13. The van der Waals surface area contributed by atoms with E-state index in [1.807, 2.05) is 37.3 Å². The van der Waals surface area contributed by atoms with Gasteiger partial charge in [-0.1, -0.05) is 54.8 Å². The highest BCUT2D eigenvalue weighted by Gasteiger charge is 2.24. The Morgan fingerprint density at radius 2 is 2.00 bits per heavy atom. The van der Waals surface area contributed by atoms with Crippen molar-refractivity contribution >= 4 is 5.91 Å². The predicted molar refractivity (Wildman–Crippen MR) is 94.8 cm³/mol. The van der Waals surface area contributed by atoms with Gasteiger partial charge >= 0.3 is 0 Å². The number of hydrogen-bond donors (Lipinski definition) is 2. The molecule has 134 valence electrons. The Hall–Kier alpha value is -2.21. The summed E-state index contributed by atoms with van der Waals surface area (Å²) in [6.07, 6.45) is 6.44. The molecule has 6 nitrogen and oxygen atoms in total. The molecule has 0 bridgehead atoms. The van der Waals surface area contributed by atoms with Crippen molar-refractivity contribution in [1.82, 2.24) is 15.5 Å². The Kier molecular flexibility index (Phi) is 5.81. The number of aromatic nitrogens is 2. The van der Waals surface area contributed by atoms with E-state index in [1.54, 1.807) is 0 Å². The van der Waals surface area contributed by atoms with Crippen LogP contribution < -0.4 is 11.1 Å². The number of carbonyl (C=O) groups is 1. The van der Waals surface area contributed by atoms with Gasteiger partial charge in [0.2, 0.25) is 11.8 Å². The van der Waals surface area contributed by atoms with Crippen LogP contribution >= 0.6 is 0 Å². The molecule has 1 amide bonds. The van der Waals surface area contributed by atoms with Crippen LogP contribution in [0.3, 0.4) is 0 Å². The zero-order valence-electron chi connectivity index (χ0n) is 14.6. The molecule has 2 atom stereocenters. The minimum Gasteiger partial charge on any atom is -0.343 e. The largest absolute Gasteiger partial charge is 0.343 e. The van der Waals surface area contributed by atoms with Gasteiger partial charge in [-0.25, -0.2) is 0 Å². The number of nitrogens with two attached hydrogens (primary N) is 1. The first-order chi connectivity index (χ1) is 12.1. The van der Waals surface area contributed by atoms with Gasteiger partial charge < -0.3 is 15.6 Å². The number of nitrogens with one attached hydrogen (secondary N) is 1. The number of carbonyl (C=O) groups excluding carboxylic acids is 1. The van der Waals surface area contributed by atoms with E-state index < -0.39 is 6.04 Å². The van der Waals surface area contributed by atoms with E-state index in [9.17, 15) is 4.79 Å². The van der Waals surface area contributed by atoms with Crippen molar-refractivity contribution in [2.45, 2.75) is 63.5 Å². The first-order valence-corrected chi connectivity index (χ1v) is 9.07. The molecule has 0 saturated heterocycles. The quantitative estimate of drug-likeness (QED) is 0.842. The van der Waals surface area contributed by atoms with E-state index in [1.165, 1.54) is 19.3 Å². The normalized spacial score (nSPS) is 17.8. The third-order valence-electron chi connectivity index (χ3n) is 4.79. The lowest BCUT2D eigenvalue weighted by Gasteiger charge is -2.17. The first kappa shape index (κ1) is 17.6. The molecule has 3 N–H and O–H groups in total. The second kappa shape index (κ2) is 8.25. The Morgan fingerprint density at radius 3 is 2.72 bits per heavy atom. The summed E-state index contributed by atoms with van der Waals surface area (Å²) in [5.41, 5.74) is 7.06. The van der Waals surface area contributed by atoms with Crippen LogP contribution in [0.1, 0.15) is 68.3 Å². The van der Waals surface area contributed by atoms with Crippen LogP contribution in [0.5, 0.6) is 0 Å². The number of hydrogen-bond acceptors (Lipinski definition) is 5. The Morgan fingerprint density at radius 1 is 1.28 bits per heavy atom. The van der Waals surface area contributed by atoms with E-state index >= 15 is 0 Å². The monoisotopic (exact) mass is 342 g/mol. The molecule has 3 rings (SSSR count). The average molecular weight is 342 g/mol. The lowest BCUT2D eigenvalue weighted by molar-refractivity contribution is -0.123. The van der Waals surface area contributed by atoms with E-state index in [0.29, 0.717) is 18.2 Å². The minimum absolute atomic E-state index is 0.214. The fraction of sp³-hybridized carbons (Fsp3) is 0.526. The van der Waals surface area contributed by atoms with Crippen molar-refractivity contribution in [3.05, 3.63) is 47.6 Å². The van der Waals surface area contributed by atoms with Gasteiger partial charge in [-0.2, -0.15) is 4.98 Å². The molecule has 0 radical (unpaired) electrons. The summed E-state index contributed by atoms with van der Waals surface area (Å²) in [6, 6.07) is 8.79. The van der Waals surface area contributed by atoms with E-state index in [4.69, 9.17) is 10.3 Å². The van der Waals surface area contributed by atoms with Crippen LogP contribution in [0.4, 0.5) is 0 Å². The molecule has 6 heteroatoms. The van der Waals surface area contributed by atoms with Crippen molar-refractivity contribution < 1.29 is 9.32 Å². The van der Waals surface area contributed by atoms with Crippen LogP contribution in [-0.4, -0.2) is 22.1 Å². The van der Waals surface area contributed by atoms with Crippen LogP contribution in [0.25, 0.3) is 0 Å². The zero-order chi connectivity index (χ0) is 17.6. The smallest absolute Gasteiger partial charge is 0.248 e. The summed E-state index contributed by atoms with van der Waals surface area (Å²) >= 11 is 0. The summed E-state index contributed by atoms with van der Waals surface area (Å²) in [6.45, 7) is 1.84. The second-order valence-corrected chi connectivity index (χ2v) is 6.85. The van der Waals surface area contributed by atoms with E-state index in [2.05, 4.69) is 15.5 Å². The zero-order valence-corrected chi connectivity index (χ0v) is 14.6. The summed E-state index contributed by atoms with van der Waals surface area (Å²) in [5.74, 6) is 1.38. The highest BCUT2D eigenvalue weighted by Crippen LogP contribution is 2.31. The van der Waals surface area contributed by atoms with Crippen molar-refractivity contribution in [2.24, 2.45) is 5.73 Å². The van der Waals surface area contributed by atoms with Crippen LogP contribution in [0.15, 0.2) is 34.9 Å².